The van der Waals surface area contributed by atoms with Gasteiger partial charge in [0.15, 0.2) is 5.75 Å². The largest absolute Gasteiger partial charge is 0.490 e. The normalized spacial score (nSPS) is 17.0. The lowest BCUT2D eigenvalue weighted by Crippen LogP contribution is -2.40. The quantitative estimate of drug-likeness (QED) is 0.658. The van der Waals surface area contributed by atoms with E-state index in [1.165, 1.54) is 19.2 Å². The fraction of sp³-hybridized carbons (Fsp3) is 0.500. The standard InChI is InChI=1S/C14H19N3O4.ClH/c1-15-9-11-4-3-7-16(11)14(18)10-5-6-13(21-2)12(8-10)17(19)20;/h5-6,8,11,15H,3-4,7,9H2,1-2H3;1H. The number of nitro groups is 1. The van der Waals surface area contributed by atoms with Crippen LogP contribution >= 0.6 is 12.4 Å². The Hall–Kier alpha value is -1.86. The smallest absolute Gasteiger partial charge is 0.311 e. The van der Waals surface area contributed by atoms with Crippen LogP contribution in [0.3, 0.4) is 0 Å². The van der Waals surface area contributed by atoms with E-state index < -0.39 is 4.92 Å². The Balaban J connectivity index is 0.00000242. The van der Waals surface area contributed by atoms with Gasteiger partial charge in [-0.15, -0.1) is 12.4 Å². The number of hydrogen-bond acceptors (Lipinski definition) is 5. The lowest BCUT2D eigenvalue weighted by molar-refractivity contribution is -0.385. The van der Waals surface area contributed by atoms with Crippen molar-refractivity contribution in [2.45, 2.75) is 18.9 Å². The number of rotatable bonds is 5. The van der Waals surface area contributed by atoms with Crippen molar-refractivity contribution in [3.8, 4) is 5.75 Å². The molecule has 1 aliphatic heterocycles. The maximum atomic E-state index is 12.5. The van der Waals surface area contributed by atoms with Gasteiger partial charge in [-0.1, -0.05) is 0 Å². The summed E-state index contributed by atoms with van der Waals surface area (Å²) in [5, 5.41) is 14.1. The number of carbonyl (C=O) groups is 1. The van der Waals surface area contributed by atoms with Crippen LogP contribution in [0.4, 0.5) is 5.69 Å². The third-order valence-corrected chi connectivity index (χ3v) is 3.70. The van der Waals surface area contributed by atoms with Crippen molar-refractivity contribution in [2.75, 3.05) is 27.2 Å². The molecule has 1 unspecified atom stereocenters. The number of hydrogen-bond donors (Lipinski definition) is 1. The Morgan fingerprint density at radius 3 is 2.86 bits per heavy atom. The highest BCUT2D eigenvalue weighted by atomic mass is 35.5. The Morgan fingerprint density at radius 1 is 1.55 bits per heavy atom. The predicted molar refractivity (Wildman–Crippen MR) is 84.9 cm³/mol. The van der Waals surface area contributed by atoms with E-state index >= 15 is 0 Å². The number of nitrogens with zero attached hydrogens (tertiary/aromatic N) is 2. The number of likely N-dealkylation sites (N-methyl/N-ethyl adjacent to an activating group) is 1. The van der Waals surface area contributed by atoms with Gasteiger partial charge >= 0.3 is 5.69 Å². The van der Waals surface area contributed by atoms with E-state index in [1.807, 2.05) is 7.05 Å². The van der Waals surface area contributed by atoms with E-state index in [2.05, 4.69) is 5.32 Å². The van der Waals surface area contributed by atoms with Gasteiger partial charge in [-0.3, -0.25) is 14.9 Å². The Bertz CT molecular complexity index is 553. The maximum absolute atomic E-state index is 12.5. The van der Waals surface area contributed by atoms with E-state index in [0.717, 1.165) is 19.4 Å². The van der Waals surface area contributed by atoms with Gasteiger partial charge in [-0.25, -0.2) is 0 Å². The molecule has 1 amide bonds. The van der Waals surface area contributed by atoms with Crippen LogP contribution in [0.5, 0.6) is 5.75 Å². The van der Waals surface area contributed by atoms with Gasteiger partial charge in [0.2, 0.25) is 0 Å². The molecule has 0 radical (unpaired) electrons. The SMILES string of the molecule is CNCC1CCCN1C(=O)c1ccc(OC)c([N+](=O)[O-])c1.Cl. The number of halogens is 1. The van der Waals surface area contributed by atoms with Crippen LogP contribution in [0.25, 0.3) is 0 Å². The van der Waals surface area contributed by atoms with E-state index in [-0.39, 0.29) is 35.8 Å². The molecule has 1 aromatic carbocycles. The number of nitrogens with one attached hydrogen (secondary N) is 1. The Labute approximate surface area is 135 Å². The minimum absolute atomic E-state index is 0. The molecule has 1 heterocycles. The maximum Gasteiger partial charge on any atom is 0.311 e. The Kier molecular flexibility index (Phi) is 6.58. The van der Waals surface area contributed by atoms with Crippen LogP contribution in [0.1, 0.15) is 23.2 Å². The highest BCUT2D eigenvalue weighted by Gasteiger charge is 2.30. The van der Waals surface area contributed by atoms with Crippen LogP contribution in [-0.4, -0.2) is 49.0 Å². The van der Waals surface area contributed by atoms with Crippen molar-refractivity contribution in [3.63, 3.8) is 0 Å². The van der Waals surface area contributed by atoms with E-state index in [9.17, 15) is 14.9 Å². The van der Waals surface area contributed by atoms with Crippen molar-refractivity contribution in [2.24, 2.45) is 0 Å². The molecule has 0 bridgehead atoms. The molecule has 1 aliphatic rings. The second-order valence-electron chi connectivity index (χ2n) is 5.00. The van der Waals surface area contributed by atoms with Crippen LogP contribution in [0, 0.1) is 10.1 Å². The summed E-state index contributed by atoms with van der Waals surface area (Å²) < 4.78 is 4.95. The van der Waals surface area contributed by atoms with Crippen LogP contribution in [-0.2, 0) is 0 Å². The van der Waals surface area contributed by atoms with Crippen LogP contribution < -0.4 is 10.1 Å². The highest BCUT2D eigenvalue weighted by molar-refractivity contribution is 5.95. The molecular weight excluding hydrogens is 310 g/mol. The fourth-order valence-corrected chi connectivity index (χ4v) is 2.68. The Morgan fingerprint density at radius 2 is 2.27 bits per heavy atom. The number of ether oxygens (including phenoxy) is 1. The second-order valence-corrected chi connectivity index (χ2v) is 5.00. The molecule has 122 valence electrons. The van der Waals surface area contributed by atoms with Gasteiger partial charge in [0.25, 0.3) is 5.91 Å². The minimum Gasteiger partial charge on any atom is -0.490 e. The predicted octanol–water partition coefficient (Wildman–Crippen LogP) is 1.85. The van der Waals surface area contributed by atoms with Gasteiger partial charge in [-0.2, -0.15) is 0 Å². The zero-order valence-corrected chi connectivity index (χ0v) is 13.4. The molecule has 0 aliphatic carbocycles. The van der Waals surface area contributed by atoms with E-state index in [1.54, 1.807) is 11.0 Å². The summed E-state index contributed by atoms with van der Waals surface area (Å²) in [5.74, 6) is -0.0109. The first-order chi connectivity index (χ1) is 10.1. The summed E-state index contributed by atoms with van der Waals surface area (Å²) >= 11 is 0. The van der Waals surface area contributed by atoms with Gasteiger partial charge in [0, 0.05) is 30.8 Å². The van der Waals surface area contributed by atoms with Crippen molar-refractivity contribution in [1.29, 1.82) is 0 Å². The van der Waals surface area contributed by atoms with E-state index in [0.29, 0.717) is 12.1 Å². The average Bonchev–Trinajstić information content (AvgIpc) is 2.94. The van der Waals surface area contributed by atoms with Crippen molar-refractivity contribution in [3.05, 3.63) is 33.9 Å². The number of carbonyl (C=O) groups excluding carboxylic acids is 1. The molecule has 7 nitrogen and oxygen atoms in total. The molecule has 1 fully saturated rings. The number of methoxy groups -OCH3 is 1. The average molecular weight is 330 g/mol. The third kappa shape index (κ3) is 3.66. The molecular formula is C14H20ClN3O4. The first kappa shape index (κ1) is 18.2. The fourth-order valence-electron chi connectivity index (χ4n) is 2.68. The van der Waals surface area contributed by atoms with Crippen LogP contribution in [0.15, 0.2) is 18.2 Å². The lowest BCUT2D eigenvalue weighted by atomic mass is 10.1. The van der Waals surface area contributed by atoms with Crippen LogP contribution in [0.2, 0.25) is 0 Å². The number of likely N-dealkylation sites (tertiary alicyclic amines) is 1. The van der Waals surface area contributed by atoms with E-state index in [4.69, 9.17) is 4.74 Å². The molecule has 1 saturated heterocycles. The van der Waals surface area contributed by atoms with Crippen molar-refractivity contribution >= 4 is 24.0 Å². The summed E-state index contributed by atoms with van der Waals surface area (Å²) in [6, 6.07) is 4.47. The molecule has 1 aromatic rings. The zero-order valence-electron chi connectivity index (χ0n) is 12.6. The molecule has 1 N–H and O–H groups in total. The molecule has 0 aromatic heterocycles. The zero-order chi connectivity index (χ0) is 15.4. The van der Waals surface area contributed by atoms with Crippen molar-refractivity contribution < 1.29 is 14.5 Å². The molecule has 0 saturated carbocycles. The molecule has 0 spiro atoms. The minimum atomic E-state index is -0.537. The summed E-state index contributed by atoms with van der Waals surface area (Å²) in [7, 11) is 3.21. The highest BCUT2D eigenvalue weighted by Crippen LogP contribution is 2.29. The van der Waals surface area contributed by atoms with Gasteiger partial charge in [-0.05, 0) is 32.0 Å². The summed E-state index contributed by atoms with van der Waals surface area (Å²) in [5.41, 5.74) is 0.137. The van der Waals surface area contributed by atoms with Crippen molar-refractivity contribution in [1.82, 2.24) is 10.2 Å². The molecule has 1 atom stereocenters. The summed E-state index contributed by atoms with van der Waals surface area (Å²) in [6.45, 7) is 1.41. The number of benzene rings is 1. The first-order valence-electron chi connectivity index (χ1n) is 6.86. The summed E-state index contributed by atoms with van der Waals surface area (Å²) in [6.07, 6.45) is 1.90. The first-order valence-corrected chi connectivity index (χ1v) is 6.86. The third-order valence-electron chi connectivity index (χ3n) is 3.70. The monoisotopic (exact) mass is 329 g/mol. The molecule has 22 heavy (non-hydrogen) atoms. The number of nitro benzene ring substituents is 1. The van der Waals surface area contributed by atoms with Gasteiger partial charge in [0.1, 0.15) is 0 Å². The molecule has 2 rings (SSSR count). The van der Waals surface area contributed by atoms with Gasteiger partial charge < -0.3 is 15.0 Å². The van der Waals surface area contributed by atoms with Gasteiger partial charge in [0.05, 0.1) is 12.0 Å². The molecule has 8 heteroatoms. The summed E-state index contributed by atoms with van der Waals surface area (Å²) in [4.78, 5) is 24.8. The lowest BCUT2D eigenvalue weighted by Gasteiger charge is -2.24. The second kappa shape index (κ2) is 7.95. The topological polar surface area (TPSA) is 84.7 Å². The number of amides is 1.